The van der Waals surface area contributed by atoms with Crippen LogP contribution < -0.4 is 5.73 Å². The van der Waals surface area contributed by atoms with Crippen molar-refractivity contribution in [3.63, 3.8) is 0 Å². The zero-order chi connectivity index (χ0) is 13.6. The zero-order valence-electron chi connectivity index (χ0n) is 10.3. The van der Waals surface area contributed by atoms with Gasteiger partial charge in [-0.25, -0.2) is 8.42 Å². The fraction of sp³-hybridized carbons (Fsp3) is 0.500. The van der Waals surface area contributed by atoms with E-state index in [1.165, 1.54) is 13.4 Å². The second-order valence-corrected chi connectivity index (χ2v) is 7.43. The normalized spacial score (nSPS) is 31.3. The van der Waals surface area contributed by atoms with Gasteiger partial charge in [0.1, 0.15) is 0 Å². The van der Waals surface area contributed by atoms with Crippen molar-refractivity contribution in [2.45, 2.75) is 16.7 Å². The summed E-state index contributed by atoms with van der Waals surface area (Å²) in [5.74, 6) is -0.232. The van der Waals surface area contributed by atoms with Crippen LogP contribution in [0.4, 0.5) is 0 Å². The standard InChI is InChI=1S/C12H16ClNO3S/c1-17-7-12(14)10(11(12)18(2,15)16)8-3-5-9(13)6-4-8/h3-6,10-11H,7,14H2,1-2H3/t10-,11+,12-/m0/s1. The lowest BCUT2D eigenvalue weighted by Crippen LogP contribution is -2.35. The number of hydrogen-bond donors (Lipinski definition) is 1. The molecule has 18 heavy (non-hydrogen) atoms. The molecule has 0 unspecified atom stereocenters. The first-order valence-corrected chi connectivity index (χ1v) is 7.86. The molecule has 0 radical (unpaired) electrons. The number of sulfone groups is 1. The highest BCUT2D eigenvalue weighted by molar-refractivity contribution is 7.91. The molecule has 1 saturated carbocycles. The van der Waals surface area contributed by atoms with Crippen LogP contribution in [0.2, 0.25) is 5.02 Å². The smallest absolute Gasteiger partial charge is 0.152 e. The van der Waals surface area contributed by atoms with E-state index in [0.29, 0.717) is 5.02 Å². The molecule has 0 bridgehead atoms. The van der Waals surface area contributed by atoms with E-state index in [1.54, 1.807) is 12.1 Å². The third kappa shape index (κ3) is 2.28. The first kappa shape index (κ1) is 13.8. The van der Waals surface area contributed by atoms with Crippen LogP contribution in [0.1, 0.15) is 11.5 Å². The summed E-state index contributed by atoms with van der Waals surface area (Å²) in [5, 5.41) is 0.0239. The maximum absolute atomic E-state index is 11.8. The minimum absolute atomic E-state index is 0.220. The van der Waals surface area contributed by atoms with Crippen LogP contribution in [0, 0.1) is 0 Å². The molecule has 4 nitrogen and oxygen atoms in total. The zero-order valence-corrected chi connectivity index (χ0v) is 11.8. The summed E-state index contributed by atoms with van der Waals surface area (Å²) in [6.07, 6.45) is 1.21. The van der Waals surface area contributed by atoms with Crippen molar-refractivity contribution >= 4 is 21.4 Å². The van der Waals surface area contributed by atoms with Crippen molar-refractivity contribution in [1.29, 1.82) is 0 Å². The van der Waals surface area contributed by atoms with Crippen molar-refractivity contribution in [2.24, 2.45) is 5.73 Å². The number of ether oxygens (including phenoxy) is 1. The minimum atomic E-state index is -3.20. The van der Waals surface area contributed by atoms with E-state index in [9.17, 15) is 8.42 Å². The molecule has 1 aromatic carbocycles. The molecule has 2 rings (SSSR count). The van der Waals surface area contributed by atoms with Crippen LogP contribution in [0.3, 0.4) is 0 Å². The number of benzene rings is 1. The molecular formula is C12H16ClNO3S. The van der Waals surface area contributed by atoms with Crippen LogP contribution in [-0.4, -0.2) is 39.2 Å². The molecule has 1 fully saturated rings. The number of rotatable bonds is 4. The monoisotopic (exact) mass is 289 g/mol. The number of halogens is 1. The van der Waals surface area contributed by atoms with Crippen molar-refractivity contribution in [1.82, 2.24) is 0 Å². The van der Waals surface area contributed by atoms with E-state index in [0.717, 1.165) is 5.56 Å². The van der Waals surface area contributed by atoms with Gasteiger partial charge in [-0.15, -0.1) is 0 Å². The van der Waals surface area contributed by atoms with Crippen molar-refractivity contribution in [3.05, 3.63) is 34.9 Å². The Labute approximate surface area is 112 Å². The van der Waals surface area contributed by atoms with E-state index < -0.39 is 20.6 Å². The molecule has 1 aliphatic carbocycles. The predicted octanol–water partition coefficient (Wildman–Crippen LogP) is 1.19. The quantitative estimate of drug-likeness (QED) is 0.904. The lowest BCUT2D eigenvalue weighted by Gasteiger charge is -2.10. The summed E-state index contributed by atoms with van der Waals surface area (Å²) >= 11 is 5.82. The van der Waals surface area contributed by atoms with Gasteiger partial charge >= 0.3 is 0 Å². The average Bonchev–Trinajstić information content (AvgIpc) is 2.86. The molecule has 0 spiro atoms. The van der Waals surface area contributed by atoms with E-state index >= 15 is 0 Å². The molecular weight excluding hydrogens is 274 g/mol. The maximum Gasteiger partial charge on any atom is 0.152 e. The molecule has 2 N–H and O–H groups in total. The molecule has 0 saturated heterocycles. The van der Waals surface area contributed by atoms with Gasteiger partial charge in [-0.05, 0) is 17.7 Å². The highest BCUT2D eigenvalue weighted by Gasteiger charge is 2.67. The van der Waals surface area contributed by atoms with Gasteiger partial charge in [-0.2, -0.15) is 0 Å². The van der Waals surface area contributed by atoms with Gasteiger partial charge in [-0.3, -0.25) is 0 Å². The first-order valence-electron chi connectivity index (χ1n) is 5.53. The largest absolute Gasteiger partial charge is 0.383 e. The summed E-state index contributed by atoms with van der Waals surface area (Å²) in [7, 11) is -1.69. The second-order valence-electron chi connectivity index (χ2n) is 4.82. The fourth-order valence-corrected chi connectivity index (χ4v) is 4.61. The van der Waals surface area contributed by atoms with Crippen LogP contribution in [-0.2, 0) is 14.6 Å². The molecule has 0 aliphatic heterocycles. The Morgan fingerprint density at radius 3 is 2.39 bits per heavy atom. The average molecular weight is 290 g/mol. The third-order valence-electron chi connectivity index (χ3n) is 3.39. The molecule has 0 heterocycles. The number of hydrogen-bond acceptors (Lipinski definition) is 4. The first-order chi connectivity index (χ1) is 8.30. The van der Waals surface area contributed by atoms with Crippen LogP contribution in [0.25, 0.3) is 0 Å². The van der Waals surface area contributed by atoms with Crippen LogP contribution in [0.5, 0.6) is 0 Å². The predicted molar refractivity (Wildman–Crippen MR) is 71.6 cm³/mol. The summed E-state index contributed by atoms with van der Waals surface area (Å²) in [4.78, 5) is 0. The van der Waals surface area contributed by atoms with E-state index in [-0.39, 0.29) is 12.5 Å². The van der Waals surface area contributed by atoms with Crippen molar-refractivity contribution in [3.8, 4) is 0 Å². The van der Waals surface area contributed by atoms with E-state index in [1.807, 2.05) is 12.1 Å². The minimum Gasteiger partial charge on any atom is -0.383 e. The van der Waals surface area contributed by atoms with Crippen LogP contribution in [0.15, 0.2) is 24.3 Å². The van der Waals surface area contributed by atoms with E-state index in [2.05, 4.69) is 0 Å². The Hall–Kier alpha value is -0.620. The van der Waals surface area contributed by atoms with Gasteiger partial charge in [-0.1, -0.05) is 23.7 Å². The Bertz CT molecular complexity index is 543. The van der Waals surface area contributed by atoms with Gasteiger partial charge < -0.3 is 10.5 Å². The summed E-state index contributed by atoms with van der Waals surface area (Å²) in [6.45, 7) is 0.220. The van der Waals surface area contributed by atoms with Crippen molar-refractivity contribution in [2.75, 3.05) is 20.0 Å². The van der Waals surface area contributed by atoms with Gasteiger partial charge in [0.25, 0.3) is 0 Å². The Kier molecular flexibility index (Phi) is 3.44. The lowest BCUT2D eigenvalue weighted by molar-refractivity contribution is 0.171. The second kappa shape index (κ2) is 4.49. The fourth-order valence-electron chi connectivity index (χ4n) is 2.65. The number of methoxy groups -OCH3 is 1. The molecule has 0 aromatic heterocycles. The van der Waals surface area contributed by atoms with Gasteiger partial charge in [0.2, 0.25) is 0 Å². The maximum atomic E-state index is 11.8. The Morgan fingerprint density at radius 2 is 1.94 bits per heavy atom. The lowest BCUT2D eigenvalue weighted by atomic mass is 10.1. The molecule has 100 valence electrons. The van der Waals surface area contributed by atoms with E-state index in [4.69, 9.17) is 22.1 Å². The molecule has 6 heteroatoms. The molecule has 1 aliphatic rings. The van der Waals surface area contributed by atoms with Crippen molar-refractivity contribution < 1.29 is 13.2 Å². The summed E-state index contributed by atoms with van der Waals surface area (Å²) in [5.41, 5.74) is 6.21. The Balaban J connectivity index is 2.35. The van der Waals surface area contributed by atoms with Gasteiger partial charge in [0.05, 0.1) is 17.4 Å². The van der Waals surface area contributed by atoms with Gasteiger partial charge in [0.15, 0.2) is 9.84 Å². The van der Waals surface area contributed by atoms with Crippen LogP contribution >= 0.6 is 11.6 Å². The molecule has 3 atom stereocenters. The highest BCUT2D eigenvalue weighted by Crippen LogP contribution is 2.54. The third-order valence-corrected chi connectivity index (χ3v) is 5.27. The topological polar surface area (TPSA) is 69.4 Å². The SMILES string of the molecule is COC[C@@]1(N)[C@H](S(C)(=O)=O)[C@@H]1c1ccc(Cl)cc1. The molecule has 1 aromatic rings. The highest BCUT2D eigenvalue weighted by atomic mass is 35.5. The Morgan fingerprint density at radius 1 is 1.39 bits per heavy atom. The van der Waals surface area contributed by atoms with Gasteiger partial charge in [0, 0.05) is 24.3 Å². The number of nitrogens with two attached hydrogens (primary N) is 1. The summed E-state index contributed by atoms with van der Waals surface area (Å²) in [6, 6.07) is 7.11. The summed E-state index contributed by atoms with van der Waals surface area (Å²) < 4.78 is 28.6. The molecule has 0 amide bonds.